The Morgan fingerprint density at radius 3 is 2.21 bits per heavy atom. The van der Waals surface area contributed by atoms with Gasteiger partial charge in [-0.2, -0.15) is 0 Å². The van der Waals surface area contributed by atoms with E-state index in [0.717, 1.165) is 48.4 Å². The molecule has 5 heteroatoms. The first-order chi connectivity index (χ1) is 15.8. The van der Waals surface area contributed by atoms with Crippen LogP contribution in [0.5, 0.6) is 5.75 Å². The van der Waals surface area contributed by atoms with Gasteiger partial charge >= 0.3 is 0 Å². The summed E-state index contributed by atoms with van der Waals surface area (Å²) in [4.78, 5) is 30.9. The van der Waals surface area contributed by atoms with Crippen molar-refractivity contribution in [2.24, 2.45) is 11.8 Å². The molecular weight excluding hydrogens is 412 g/mol. The molecule has 33 heavy (non-hydrogen) atoms. The van der Waals surface area contributed by atoms with Gasteiger partial charge in [0.2, 0.25) is 0 Å². The van der Waals surface area contributed by atoms with Crippen LogP contribution < -0.4 is 9.64 Å². The predicted molar refractivity (Wildman–Crippen MR) is 132 cm³/mol. The molecule has 2 heterocycles. The molecule has 0 aromatic heterocycles. The number of nitrogens with zero attached hydrogens (tertiary/aromatic N) is 2. The zero-order valence-corrected chi connectivity index (χ0v) is 20.4. The molecule has 1 saturated heterocycles. The van der Waals surface area contributed by atoms with Crippen molar-refractivity contribution >= 4 is 23.1 Å². The molecule has 4 rings (SSSR count). The lowest BCUT2D eigenvalue weighted by atomic mass is 9.97. The SMILES string of the molecule is Cc1ccc(N2C(=O)C(c3ccc(OCC(C)C)cc3)=C(N3CCC(C)CC3)C2=O)cc1C. The summed E-state index contributed by atoms with van der Waals surface area (Å²) in [5.41, 5.74) is 4.59. The van der Waals surface area contributed by atoms with Gasteiger partial charge < -0.3 is 9.64 Å². The lowest BCUT2D eigenvalue weighted by molar-refractivity contribution is -0.120. The summed E-state index contributed by atoms with van der Waals surface area (Å²) in [5, 5.41) is 0. The fourth-order valence-corrected chi connectivity index (χ4v) is 4.38. The number of hydrogen-bond donors (Lipinski definition) is 0. The third kappa shape index (κ3) is 4.68. The summed E-state index contributed by atoms with van der Waals surface area (Å²) in [6.07, 6.45) is 2.04. The predicted octanol–water partition coefficient (Wildman–Crippen LogP) is 5.35. The summed E-state index contributed by atoms with van der Waals surface area (Å²) in [6.45, 7) is 12.7. The molecule has 2 aromatic rings. The largest absolute Gasteiger partial charge is 0.493 e. The number of aryl methyl sites for hydroxylation is 2. The number of amides is 2. The van der Waals surface area contributed by atoms with Gasteiger partial charge in [-0.05, 0) is 79.5 Å². The highest BCUT2D eigenvalue weighted by molar-refractivity contribution is 6.45. The molecule has 0 atom stereocenters. The van der Waals surface area contributed by atoms with E-state index in [9.17, 15) is 9.59 Å². The molecule has 0 bridgehead atoms. The van der Waals surface area contributed by atoms with Gasteiger partial charge in [-0.1, -0.05) is 39.0 Å². The third-order valence-corrected chi connectivity index (χ3v) is 6.63. The molecule has 174 valence electrons. The van der Waals surface area contributed by atoms with Crippen LogP contribution in [0, 0.1) is 25.7 Å². The Morgan fingerprint density at radius 2 is 1.61 bits per heavy atom. The first kappa shape index (κ1) is 23.1. The van der Waals surface area contributed by atoms with Gasteiger partial charge in [0.05, 0.1) is 17.9 Å². The number of hydrogen-bond acceptors (Lipinski definition) is 4. The molecule has 5 nitrogen and oxygen atoms in total. The zero-order chi connectivity index (χ0) is 23.7. The Bertz CT molecular complexity index is 1080. The van der Waals surface area contributed by atoms with Crippen LogP contribution in [0.15, 0.2) is 48.2 Å². The maximum Gasteiger partial charge on any atom is 0.282 e. The van der Waals surface area contributed by atoms with Crippen LogP contribution in [-0.4, -0.2) is 36.4 Å². The van der Waals surface area contributed by atoms with Crippen LogP contribution in [0.1, 0.15) is 50.3 Å². The van der Waals surface area contributed by atoms with E-state index in [1.165, 1.54) is 4.90 Å². The second-order valence-corrected chi connectivity index (χ2v) is 9.84. The summed E-state index contributed by atoms with van der Waals surface area (Å²) >= 11 is 0. The Balaban J connectivity index is 1.73. The maximum atomic E-state index is 13.7. The van der Waals surface area contributed by atoms with E-state index in [1.54, 1.807) is 0 Å². The zero-order valence-electron chi connectivity index (χ0n) is 20.4. The van der Waals surface area contributed by atoms with Crippen molar-refractivity contribution in [1.29, 1.82) is 0 Å². The third-order valence-electron chi connectivity index (χ3n) is 6.63. The molecule has 1 fully saturated rings. The summed E-state index contributed by atoms with van der Waals surface area (Å²) in [5.74, 6) is 1.34. The minimum Gasteiger partial charge on any atom is -0.493 e. The summed E-state index contributed by atoms with van der Waals surface area (Å²) in [7, 11) is 0. The number of ether oxygens (including phenoxy) is 1. The first-order valence-electron chi connectivity index (χ1n) is 11.9. The number of benzene rings is 2. The van der Waals surface area contributed by atoms with E-state index in [2.05, 4.69) is 25.7 Å². The molecule has 2 amide bonds. The molecular formula is C28H34N2O3. The highest BCUT2D eigenvalue weighted by atomic mass is 16.5. The number of carbonyl (C=O) groups is 2. The quantitative estimate of drug-likeness (QED) is 0.561. The van der Waals surface area contributed by atoms with Crippen molar-refractivity contribution < 1.29 is 14.3 Å². The van der Waals surface area contributed by atoms with Crippen LogP contribution in [0.25, 0.3) is 5.57 Å². The van der Waals surface area contributed by atoms with Crippen molar-refractivity contribution in [2.75, 3.05) is 24.6 Å². The van der Waals surface area contributed by atoms with Crippen LogP contribution in [-0.2, 0) is 9.59 Å². The van der Waals surface area contributed by atoms with E-state index >= 15 is 0 Å². The Morgan fingerprint density at radius 1 is 0.939 bits per heavy atom. The van der Waals surface area contributed by atoms with Crippen molar-refractivity contribution in [1.82, 2.24) is 4.90 Å². The Kier molecular flexibility index (Phi) is 6.59. The topological polar surface area (TPSA) is 49.9 Å². The van der Waals surface area contributed by atoms with Crippen LogP contribution >= 0.6 is 0 Å². The highest BCUT2D eigenvalue weighted by Gasteiger charge is 2.43. The van der Waals surface area contributed by atoms with Crippen LogP contribution in [0.3, 0.4) is 0 Å². The number of carbonyl (C=O) groups excluding carboxylic acids is 2. The fourth-order valence-electron chi connectivity index (χ4n) is 4.38. The molecule has 0 aliphatic carbocycles. The van der Waals surface area contributed by atoms with Gasteiger partial charge in [-0.25, -0.2) is 4.90 Å². The van der Waals surface area contributed by atoms with Crippen LogP contribution in [0.4, 0.5) is 5.69 Å². The van der Waals surface area contributed by atoms with E-state index < -0.39 is 0 Å². The van der Waals surface area contributed by atoms with Gasteiger partial charge in [0.1, 0.15) is 11.4 Å². The molecule has 0 N–H and O–H groups in total. The molecule has 0 saturated carbocycles. The minimum atomic E-state index is -0.257. The van der Waals surface area contributed by atoms with Crippen molar-refractivity contribution in [3.8, 4) is 5.75 Å². The van der Waals surface area contributed by atoms with Gasteiger partial charge in [0.25, 0.3) is 11.8 Å². The molecule has 0 unspecified atom stereocenters. The fraction of sp³-hybridized carbons (Fsp3) is 0.429. The second kappa shape index (κ2) is 9.42. The molecule has 0 radical (unpaired) electrons. The van der Waals surface area contributed by atoms with E-state index in [0.29, 0.717) is 35.4 Å². The standard InChI is InChI=1S/C28H34N2O3/c1-18(2)17-33-24-10-7-22(8-11-24)25-26(29-14-12-19(3)13-15-29)28(32)30(27(25)31)23-9-6-20(4)21(5)16-23/h6-11,16,18-19H,12-15,17H2,1-5H3. The van der Waals surface area contributed by atoms with Gasteiger partial charge in [0, 0.05) is 13.1 Å². The molecule has 2 aliphatic rings. The molecule has 0 spiro atoms. The Hall–Kier alpha value is -3.08. The highest BCUT2D eigenvalue weighted by Crippen LogP contribution is 2.37. The summed E-state index contributed by atoms with van der Waals surface area (Å²) < 4.78 is 5.81. The normalized spacial score (nSPS) is 17.5. The number of piperidine rings is 1. The second-order valence-electron chi connectivity index (χ2n) is 9.84. The molecule has 2 aromatic carbocycles. The average molecular weight is 447 g/mol. The average Bonchev–Trinajstić information content (AvgIpc) is 3.05. The van der Waals surface area contributed by atoms with Crippen molar-refractivity contribution in [3.63, 3.8) is 0 Å². The maximum absolute atomic E-state index is 13.7. The summed E-state index contributed by atoms with van der Waals surface area (Å²) in [6, 6.07) is 13.3. The van der Waals surface area contributed by atoms with E-state index in [-0.39, 0.29) is 11.8 Å². The van der Waals surface area contributed by atoms with Crippen molar-refractivity contribution in [3.05, 3.63) is 64.9 Å². The van der Waals surface area contributed by atoms with Gasteiger partial charge in [0.15, 0.2) is 0 Å². The number of likely N-dealkylation sites (tertiary alicyclic amines) is 1. The Labute approximate surface area is 197 Å². The molecule has 2 aliphatic heterocycles. The van der Waals surface area contributed by atoms with Crippen LogP contribution in [0.2, 0.25) is 0 Å². The van der Waals surface area contributed by atoms with E-state index in [1.807, 2.05) is 56.3 Å². The van der Waals surface area contributed by atoms with Gasteiger partial charge in [-0.15, -0.1) is 0 Å². The van der Waals surface area contributed by atoms with E-state index in [4.69, 9.17) is 4.74 Å². The van der Waals surface area contributed by atoms with Crippen molar-refractivity contribution in [2.45, 2.75) is 47.5 Å². The number of imide groups is 1. The first-order valence-corrected chi connectivity index (χ1v) is 11.9. The number of rotatable bonds is 6. The lowest BCUT2D eigenvalue weighted by Gasteiger charge is -2.32. The minimum absolute atomic E-state index is 0.229. The van der Waals surface area contributed by atoms with Gasteiger partial charge in [-0.3, -0.25) is 9.59 Å². The lowest BCUT2D eigenvalue weighted by Crippen LogP contribution is -2.38. The monoisotopic (exact) mass is 446 g/mol. The number of anilines is 1. The smallest absolute Gasteiger partial charge is 0.282 e.